The highest BCUT2D eigenvalue weighted by molar-refractivity contribution is 6.30. The van der Waals surface area contributed by atoms with E-state index in [-0.39, 0.29) is 38.2 Å². The molecule has 2 aromatic carbocycles. The molecular formula is C63H96ClN15O15. The van der Waals surface area contributed by atoms with Crippen LogP contribution in [-0.4, -0.2) is 185 Å². The highest BCUT2D eigenvalue weighted by Crippen LogP contribution is 2.23. The maximum absolute atomic E-state index is 14.4. The first kappa shape index (κ1) is 78.0. The van der Waals surface area contributed by atoms with Crippen LogP contribution in [0, 0.1) is 23.7 Å². The Morgan fingerprint density at radius 2 is 1.10 bits per heavy atom. The zero-order chi connectivity index (χ0) is 70.3. The molecule has 30 nitrogen and oxygen atoms in total. The number of ether oxygens (including phenoxy) is 1. The lowest BCUT2D eigenvalue weighted by molar-refractivity contribution is -0.157. The first-order valence-electron chi connectivity index (χ1n) is 31.8. The fraction of sp³-hybridized carbons (Fsp3) is 0.603. The highest BCUT2D eigenvalue weighted by Gasteiger charge is 2.41. The number of aliphatic hydroxyl groups excluding tert-OH is 2. The van der Waals surface area contributed by atoms with E-state index in [1.54, 1.807) is 67.5 Å². The molecule has 2 aliphatic heterocycles. The second-order valence-electron chi connectivity index (χ2n) is 24.3. The van der Waals surface area contributed by atoms with Crippen molar-refractivity contribution in [1.82, 2.24) is 58.5 Å². The monoisotopic (exact) mass is 1340 g/mol. The van der Waals surface area contributed by atoms with Gasteiger partial charge in [0.15, 0.2) is 5.96 Å². The number of nitrogens with zero attached hydrogens (tertiary/aromatic N) is 1. The number of primary amides is 1. The molecule has 11 amide bonds. The largest absolute Gasteiger partial charge is 0.458 e. The van der Waals surface area contributed by atoms with Crippen molar-refractivity contribution in [3.05, 3.63) is 59.1 Å². The third-order valence-corrected chi connectivity index (χ3v) is 17.4. The van der Waals surface area contributed by atoms with Crippen molar-refractivity contribution in [2.45, 2.75) is 199 Å². The van der Waals surface area contributed by atoms with Gasteiger partial charge in [0.2, 0.25) is 65.0 Å². The van der Waals surface area contributed by atoms with E-state index in [9.17, 15) is 67.7 Å². The summed E-state index contributed by atoms with van der Waals surface area (Å²) in [5.41, 5.74) is 20.2. The molecule has 0 unspecified atom stereocenters. The van der Waals surface area contributed by atoms with Gasteiger partial charge >= 0.3 is 5.97 Å². The number of rotatable bonds is 32. The number of carbonyl (C=O) groups is 12. The number of halogens is 1. The van der Waals surface area contributed by atoms with Gasteiger partial charge in [-0.25, -0.2) is 4.79 Å². The van der Waals surface area contributed by atoms with Crippen molar-refractivity contribution >= 4 is 88.5 Å². The van der Waals surface area contributed by atoms with Crippen LogP contribution in [0.5, 0.6) is 0 Å². The van der Waals surface area contributed by atoms with E-state index in [2.05, 4.69) is 63.5 Å². The van der Waals surface area contributed by atoms with Gasteiger partial charge in [0.25, 0.3) is 0 Å². The summed E-state index contributed by atoms with van der Waals surface area (Å²) in [6, 6.07) is -1.94. The van der Waals surface area contributed by atoms with Gasteiger partial charge in [0.1, 0.15) is 66.5 Å². The molecule has 0 bridgehead atoms. The molecule has 17 atom stereocenters. The Labute approximate surface area is 552 Å². The molecule has 2 aromatic rings. The standard InChI is InChI=1S/C63H96ClN15O15/c1-11-30(5)47(75-53(84)41(65)25-36-15-17-37(18-16-36)38-19-21-39(64)22-20-38)58(89)73-44(28-80)56(87)71-42(23-24-46(66)82)54(85)76-49(32(7)13-3)60(91)77-48(31(6)12-2)59(90)74-45(29-81)57(88)79-51-35(10)94-62(93)50(33(8)14-4)78-55(86)43(26-40-27-68-63(67)70-40)72-52(83)34(9)69-61(51)92/h15-22,30-35,40-45,47-51,80-81H,11-14,23-29,65H2,1-10H3,(H2,66,82)(H,69,92)(H,71,87)(H,72,83)(H,73,89)(H,74,90)(H,75,84)(H,76,85)(H,77,91)(H,78,86)(H,79,88)(H3,67,68,70)/t30-,31-,32-,33-,34-,35-,40-,41+,42+,43-,44-,45-,47-,48-,49+,50-,51+/m0/s1. The average Bonchev–Trinajstić information content (AvgIpc) is 1.29. The molecule has 31 heteroatoms. The van der Waals surface area contributed by atoms with Crippen LogP contribution in [0.1, 0.15) is 120 Å². The van der Waals surface area contributed by atoms with Crippen LogP contribution in [-0.2, 0) is 68.7 Å². The topological polar surface area (TPSA) is 477 Å². The minimum absolute atomic E-state index is 0.0147. The summed E-state index contributed by atoms with van der Waals surface area (Å²) in [4.78, 5) is 170. The lowest BCUT2D eigenvalue weighted by Gasteiger charge is -2.31. The Balaban J connectivity index is 1.49. The zero-order valence-corrected chi connectivity index (χ0v) is 55.7. The Kier molecular flexibility index (Phi) is 31.0. The van der Waals surface area contributed by atoms with E-state index >= 15 is 0 Å². The molecule has 0 saturated carbocycles. The maximum Gasteiger partial charge on any atom is 0.329 e. The van der Waals surface area contributed by atoms with Crippen molar-refractivity contribution in [3.8, 4) is 11.1 Å². The number of carbonyl (C=O) groups excluding carboxylic acids is 12. The summed E-state index contributed by atoms with van der Waals surface area (Å²) < 4.78 is 5.73. The van der Waals surface area contributed by atoms with Gasteiger partial charge in [0.05, 0.1) is 31.8 Å². The van der Waals surface area contributed by atoms with Gasteiger partial charge in [-0.3, -0.25) is 57.7 Å². The molecule has 1 saturated heterocycles. The lowest BCUT2D eigenvalue weighted by atomic mass is 9.94. The van der Waals surface area contributed by atoms with Crippen LogP contribution in [0.15, 0.2) is 53.5 Å². The number of nitrogens with one attached hydrogen (secondary N) is 11. The van der Waals surface area contributed by atoms with Crippen LogP contribution < -0.4 is 75.7 Å². The number of nitrogens with two attached hydrogens (primary N) is 3. The Hall–Kier alpha value is -8.48. The second-order valence-corrected chi connectivity index (χ2v) is 24.7. The fourth-order valence-electron chi connectivity index (χ4n) is 10.1. The molecule has 1 fully saturated rings. The number of benzene rings is 2. The van der Waals surface area contributed by atoms with Crippen molar-refractivity contribution in [2.75, 3.05) is 19.8 Å². The SMILES string of the molecule is CC[C@H](C)[C@H](NC(=O)[C@H](N)Cc1ccc(-c2ccc(Cl)cc2)cc1)C(=O)N[C@@H](CO)C(=O)N[C@H](CCC(N)=O)C(=O)N[C@@H](C(=O)N[C@H](C(=O)N[C@@H](CO)C(=O)N[C@H]1C(=O)N[C@@H](C)C(=O)N[C@@H](C[C@H]2CN=C(N)N2)C(=O)N[C@@H]([C@@H](C)CC)C(=O)O[C@H]1C)[C@@H](C)CC)[C@@H](C)CC. The molecular weight excluding hydrogens is 1240 g/mol. The number of hydrogen-bond acceptors (Lipinski definition) is 19. The Morgan fingerprint density at radius 1 is 0.617 bits per heavy atom. The number of esters is 1. The first-order chi connectivity index (χ1) is 44.4. The van der Waals surface area contributed by atoms with Crippen molar-refractivity contribution in [2.24, 2.45) is 45.9 Å². The fourth-order valence-corrected chi connectivity index (χ4v) is 10.3. The molecule has 0 aliphatic carbocycles. The van der Waals surface area contributed by atoms with Gasteiger partial charge in [-0.05, 0) is 85.6 Å². The molecule has 94 heavy (non-hydrogen) atoms. The summed E-state index contributed by atoms with van der Waals surface area (Å²) in [5.74, 6) is -13.5. The molecule has 0 radical (unpaired) electrons. The summed E-state index contributed by atoms with van der Waals surface area (Å²) in [5, 5.41) is 49.9. The predicted molar refractivity (Wildman–Crippen MR) is 348 cm³/mol. The van der Waals surface area contributed by atoms with E-state index in [1.807, 2.05) is 36.4 Å². The zero-order valence-electron chi connectivity index (χ0n) is 55.0. The summed E-state index contributed by atoms with van der Waals surface area (Å²) in [6.07, 6.45) is -1.06. The number of amides is 11. The van der Waals surface area contributed by atoms with Crippen LogP contribution in [0.2, 0.25) is 5.02 Å². The number of guanidine groups is 1. The smallest absolute Gasteiger partial charge is 0.329 e. The Bertz CT molecular complexity index is 3010. The van der Waals surface area contributed by atoms with Crippen LogP contribution in [0.25, 0.3) is 11.1 Å². The number of cyclic esters (lactones) is 1. The predicted octanol–water partition coefficient (Wildman–Crippen LogP) is -2.20. The molecule has 4 rings (SSSR count). The van der Waals surface area contributed by atoms with Crippen molar-refractivity contribution in [1.29, 1.82) is 0 Å². The third-order valence-electron chi connectivity index (χ3n) is 17.1. The molecule has 19 N–H and O–H groups in total. The van der Waals surface area contributed by atoms with Gasteiger partial charge in [-0.2, -0.15) is 0 Å². The number of hydrogen-bond donors (Lipinski definition) is 16. The quantitative estimate of drug-likeness (QED) is 0.0346. The summed E-state index contributed by atoms with van der Waals surface area (Å²) in [6.45, 7) is 14.2. The third kappa shape index (κ3) is 22.9. The minimum Gasteiger partial charge on any atom is -0.458 e. The van der Waals surface area contributed by atoms with Crippen molar-refractivity contribution < 1.29 is 72.5 Å². The normalized spacial score (nSPS) is 22.0. The minimum atomic E-state index is -1.83. The van der Waals surface area contributed by atoms with Gasteiger partial charge < -0.3 is 90.6 Å². The molecule has 2 aliphatic rings. The highest BCUT2D eigenvalue weighted by atomic mass is 35.5. The van der Waals surface area contributed by atoms with Gasteiger partial charge in [-0.15, -0.1) is 0 Å². The first-order valence-corrected chi connectivity index (χ1v) is 32.2. The number of aliphatic imine (C=N–C) groups is 1. The molecule has 520 valence electrons. The lowest BCUT2D eigenvalue weighted by Crippen LogP contribution is -2.63. The van der Waals surface area contributed by atoms with E-state index in [1.165, 1.54) is 13.8 Å². The summed E-state index contributed by atoms with van der Waals surface area (Å²) >= 11 is 6.04. The average molecular weight is 1340 g/mol. The van der Waals surface area contributed by atoms with Crippen LogP contribution in [0.3, 0.4) is 0 Å². The molecule has 2 heterocycles. The molecule has 0 aromatic heterocycles. The maximum atomic E-state index is 14.4. The van der Waals surface area contributed by atoms with Gasteiger partial charge in [-0.1, -0.05) is 129 Å². The van der Waals surface area contributed by atoms with Gasteiger partial charge in [0, 0.05) is 11.4 Å². The van der Waals surface area contributed by atoms with E-state index in [0.29, 0.717) is 17.9 Å². The Morgan fingerprint density at radius 3 is 1.59 bits per heavy atom. The molecule has 0 spiro atoms. The van der Waals surface area contributed by atoms with Crippen molar-refractivity contribution in [3.63, 3.8) is 0 Å². The summed E-state index contributed by atoms with van der Waals surface area (Å²) in [7, 11) is 0. The van der Waals surface area contributed by atoms with E-state index < -0.39 is 199 Å². The van der Waals surface area contributed by atoms with E-state index in [0.717, 1.165) is 16.7 Å². The van der Waals surface area contributed by atoms with Crippen LogP contribution in [0.4, 0.5) is 0 Å². The second kappa shape index (κ2) is 37.4. The van der Waals surface area contributed by atoms with E-state index in [4.69, 9.17) is 33.5 Å². The number of aliphatic hydroxyl groups is 2. The van der Waals surface area contributed by atoms with Crippen LogP contribution >= 0.6 is 11.6 Å².